The highest BCUT2D eigenvalue weighted by Crippen LogP contribution is 2.12. The summed E-state index contributed by atoms with van der Waals surface area (Å²) in [7, 11) is 1.55. The predicted octanol–water partition coefficient (Wildman–Crippen LogP) is -0.426. The van der Waals surface area contributed by atoms with Gasteiger partial charge in [-0.25, -0.2) is 5.84 Å². The van der Waals surface area contributed by atoms with Crippen molar-refractivity contribution in [1.82, 2.24) is 20.5 Å². The lowest BCUT2D eigenvalue weighted by Gasteiger charge is -2.11. The Kier molecular flexibility index (Phi) is 4.65. The van der Waals surface area contributed by atoms with Crippen molar-refractivity contribution in [3.8, 4) is 0 Å². The summed E-state index contributed by atoms with van der Waals surface area (Å²) >= 11 is 0. The minimum atomic E-state index is -0.226. The number of carbonyl (C=O) groups is 2. The molecule has 94 valence electrons. The molecule has 7 nitrogen and oxygen atoms in total. The van der Waals surface area contributed by atoms with E-state index in [1.807, 2.05) is 6.92 Å². The van der Waals surface area contributed by atoms with Crippen molar-refractivity contribution < 1.29 is 9.59 Å². The number of hydrazine groups is 1. The number of nitrogens with two attached hydrogens (primary N) is 1. The summed E-state index contributed by atoms with van der Waals surface area (Å²) < 4.78 is 1.66. The van der Waals surface area contributed by atoms with E-state index >= 15 is 0 Å². The normalized spacial score (nSPS) is 11.9. The first kappa shape index (κ1) is 13.2. The molecule has 1 aromatic rings. The zero-order valence-corrected chi connectivity index (χ0v) is 9.93. The molecule has 2 amide bonds. The molecule has 0 saturated heterocycles. The largest absolute Gasteiger partial charge is 0.354 e. The Balaban J connectivity index is 2.57. The topological polar surface area (TPSA) is 102 Å². The highest BCUT2D eigenvalue weighted by molar-refractivity contribution is 5.91. The molecule has 0 bridgehead atoms. The van der Waals surface area contributed by atoms with Crippen LogP contribution < -0.4 is 16.6 Å². The summed E-state index contributed by atoms with van der Waals surface area (Å²) in [6.07, 6.45) is 2.65. The second-order valence-electron chi connectivity index (χ2n) is 3.72. The van der Waals surface area contributed by atoms with Gasteiger partial charge in [0, 0.05) is 25.7 Å². The average Bonchev–Trinajstić information content (AvgIpc) is 2.83. The van der Waals surface area contributed by atoms with E-state index in [4.69, 9.17) is 5.84 Å². The first-order valence-corrected chi connectivity index (χ1v) is 5.35. The Morgan fingerprint density at radius 1 is 1.59 bits per heavy atom. The van der Waals surface area contributed by atoms with Crippen LogP contribution in [0.25, 0.3) is 0 Å². The molecule has 1 atom stereocenters. The minimum absolute atomic E-state index is 0.0331. The molecule has 0 saturated carbocycles. The Labute approximate surface area is 99.3 Å². The molecule has 0 aliphatic rings. The van der Waals surface area contributed by atoms with E-state index in [1.165, 1.54) is 0 Å². The van der Waals surface area contributed by atoms with Crippen LogP contribution in [0.5, 0.6) is 0 Å². The van der Waals surface area contributed by atoms with Gasteiger partial charge in [0.2, 0.25) is 5.91 Å². The molecule has 1 aromatic heterocycles. The van der Waals surface area contributed by atoms with Gasteiger partial charge in [0.05, 0.1) is 0 Å². The molecule has 0 fully saturated rings. The number of nitrogens with one attached hydrogen (secondary N) is 2. The van der Waals surface area contributed by atoms with Gasteiger partial charge in [-0.1, -0.05) is 0 Å². The first-order valence-electron chi connectivity index (χ1n) is 5.35. The van der Waals surface area contributed by atoms with Gasteiger partial charge < -0.3 is 5.32 Å². The van der Waals surface area contributed by atoms with Gasteiger partial charge in [-0.15, -0.1) is 0 Å². The lowest BCUT2D eigenvalue weighted by Crippen LogP contribution is -2.30. The molecule has 7 heteroatoms. The summed E-state index contributed by atoms with van der Waals surface area (Å²) in [5.74, 6) is 4.55. The molecule has 0 spiro atoms. The van der Waals surface area contributed by atoms with E-state index < -0.39 is 0 Å². The molecular weight excluding hydrogens is 222 g/mol. The molecule has 4 N–H and O–H groups in total. The van der Waals surface area contributed by atoms with Gasteiger partial charge in [-0.3, -0.25) is 19.7 Å². The molecule has 0 aromatic carbocycles. The summed E-state index contributed by atoms with van der Waals surface area (Å²) in [5.41, 5.74) is 2.44. The van der Waals surface area contributed by atoms with Crippen LogP contribution in [0.3, 0.4) is 0 Å². The van der Waals surface area contributed by atoms with Crippen LogP contribution in [-0.4, -0.2) is 28.6 Å². The van der Waals surface area contributed by atoms with Crippen LogP contribution in [0.4, 0.5) is 0 Å². The third-order valence-electron chi connectivity index (χ3n) is 2.47. The molecule has 1 unspecified atom stereocenters. The quantitative estimate of drug-likeness (QED) is 0.369. The predicted molar refractivity (Wildman–Crippen MR) is 61.9 cm³/mol. The summed E-state index contributed by atoms with van der Waals surface area (Å²) in [5, 5.41) is 6.62. The fraction of sp³-hybridized carbons (Fsp3) is 0.500. The van der Waals surface area contributed by atoms with E-state index in [2.05, 4.69) is 15.8 Å². The van der Waals surface area contributed by atoms with Gasteiger partial charge in [0.1, 0.15) is 5.69 Å². The van der Waals surface area contributed by atoms with Crippen LogP contribution in [-0.2, 0) is 4.79 Å². The average molecular weight is 239 g/mol. The Bertz CT molecular complexity index is 401. The monoisotopic (exact) mass is 239 g/mol. The number of amides is 2. The molecule has 17 heavy (non-hydrogen) atoms. The molecular formula is C10H17N5O2. The fourth-order valence-electron chi connectivity index (χ4n) is 1.38. The number of aromatic nitrogens is 2. The summed E-state index contributed by atoms with van der Waals surface area (Å²) in [6.45, 7) is 1.92. The lowest BCUT2D eigenvalue weighted by atomic mass is 10.2. The van der Waals surface area contributed by atoms with Crippen molar-refractivity contribution in [3.63, 3.8) is 0 Å². The van der Waals surface area contributed by atoms with E-state index in [0.29, 0.717) is 18.5 Å². The van der Waals surface area contributed by atoms with Crippen molar-refractivity contribution in [1.29, 1.82) is 0 Å². The van der Waals surface area contributed by atoms with Crippen LogP contribution in [0, 0.1) is 0 Å². The van der Waals surface area contributed by atoms with Gasteiger partial charge >= 0.3 is 0 Å². The van der Waals surface area contributed by atoms with Crippen molar-refractivity contribution in [3.05, 3.63) is 18.0 Å². The van der Waals surface area contributed by atoms with Crippen molar-refractivity contribution in [2.75, 3.05) is 7.05 Å². The van der Waals surface area contributed by atoms with E-state index in [0.717, 1.165) is 0 Å². The van der Waals surface area contributed by atoms with E-state index in [1.54, 1.807) is 24.0 Å². The molecule has 1 heterocycles. The molecule has 0 aliphatic heterocycles. The summed E-state index contributed by atoms with van der Waals surface area (Å²) in [4.78, 5) is 22.3. The fourth-order valence-corrected chi connectivity index (χ4v) is 1.38. The highest BCUT2D eigenvalue weighted by Gasteiger charge is 2.12. The maximum Gasteiger partial charge on any atom is 0.271 e. The van der Waals surface area contributed by atoms with Crippen LogP contribution in [0.15, 0.2) is 12.3 Å². The van der Waals surface area contributed by atoms with Crippen molar-refractivity contribution in [2.24, 2.45) is 5.84 Å². The third-order valence-corrected chi connectivity index (χ3v) is 2.47. The SMILES string of the molecule is CNC(=O)c1ccn(C(C)CCC(=O)NN)n1. The second-order valence-corrected chi connectivity index (χ2v) is 3.72. The number of hydrogen-bond donors (Lipinski definition) is 3. The Morgan fingerprint density at radius 3 is 2.88 bits per heavy atom. The summed E-state index contributed by atoms with van der Waals surface area (Å²) in [6, 6.07) is 1.67. The van der Waals surface area contributed by atoms with Crippen LogP contribution in [0.1, 0.15) is 36.3 Å². The van der Waals surface area contributed by atoms with Crippen molar-refractivity contribution in [2.45, 2.75) is 25.8 Å². The van der Waals surface area contributed by atoms with Gasteiger partial charge in [-0.2, -0.15) is 5.10 Å². The van der Waals surface area contributed by atoms with Crippen LogP contribution in [0.2, 0.25) is 0 Å². The van der Waals surface area contributed by atoms with Crippen molar-refractivity contribution >= 4 is 11.8 Å². The van der Waals surface area contributed by atoms with E-state index in [-0.39, 0.29) is 17.9 Å². The third kappa shape index (κ3) is 3.56. The zero-order chi connectivity index (χ0) is 12.8. The second kappa shape index (κ2) is 6.00. The number of rotatable bonds is 5. The molecule has 0 aliphatic carbocycles. The van der Waals surface area contributed by atoms with Gasteiger partial charge in [0.25, 0.3) is 5.91 Å². The number of nitrogens with zero attached hydrogens (tertiary/aromatic N) is 2. The van der Waals surface area contributed by atoms with Gasteiger partial charge in [0.15, 0.2) is 0 Å². The maximum atomic E-state index is 11.3. The zero-order valence-electron chi connectivity index (χ0n) is 9.93. The number of carbonyl (C=O) groups excluding carboxylic acids is 2. The smallest absolute Gasteiger partial charge is 0.271 e. The highest BCUT2D eigenvalue weighted by atomic mass is 16.2. The Hall–Kier alpha value is -1.89. The first-order chi connectivity index (χ1) is 8.08. The lowest BCUT2D eigenvalue weighted by molar-refractivity contribution is -0.121. The standard InChI is InChI=1S/C10H17N5O2/c1-7(3-4-9(16)13-11)15-6-5-8(14-15)10(17)12-2/h5-7H,3-4,11H2,1-2H3,(H,12,17)(H,13,16). The van der Waals surface area contributed by atoms with Gasteiger partial charge in [-0.05, 0) is 19.4 Å². The molecule has 0 radical (unpaired) electrons. The van der Waals surface area contributed by atoms with Crippen LogP contribution >= 0.6 is 0 Å². The van der Waals surface area contributed by atoms with E-state index in [9.17, 15) is 9.59 Å². The molecule has 1 rings (SSSR count). The maximum absolute atomic E-state index is 11.3. The minimum Gasteiger partial charge on any atom is -0.354 e. The Morgan fingerprint density at radius 2 is 2.29 bits per heavy atom. The number of hydrogen-bond acceptors (Lipinski definition) is 4.